The van der Waals surface area contributed by atoms with E-state index >= 15 is 0 Å². The summed E-state index contributed by atoms with van der Waals surface area (Å²) in [5.41, 5.74) is 1.84. The lowest BCUT2D eigenvalue weighted by atomic mass is 9.92. The zero-order chi connectivity index (χ0) is 17.4. The zero-order valence-electron chi connectivity index (χ0n) is 14.1. The normalized spacial score (nSPS) is 12.9. The van der Waals surface area contributed by atoms with Crippen molar-refractivity contribution in [2.75, 3.05) is 7.11 Å². The Kier molecular flexibility index (Phi) is 6.55. The van der Waals surface area contributed by atoms with Gasteiger partial charge in [-0.25, -0.2) is 4.79 Å². The first-order valence-electron chi connectivity index (χ1n) is 8.12. The Morgan fingerprint density at radius 3 is 2.00 bits per heavy atom. The first-order chi connectivity index (χ1) is 11.7. The predicted octanol–water partition coefficient (Wildman–Crippen LogP) is 3.60. The van der Waals surface area contributed by atoms with Crippen LogP contribution in [0.15, 0.2) is 60.7 Å². The number of esters is 1. The number of methoxy groups -OCH3 is 1. The molecule has 0 heterocycles. The van der Waals surface area contributed by atoms with Gasteiger partial charge in [0.05, 0.1) is 7.11 Å². The van der Waals surface area contributed by atoms with Gasteiger partial charge in [0.25, 0.3) is 0 Å². The third-order valence-corrected chi connectivity index (χ3v) is 4.07. The van der Waals surface area contributed by atoms with Crippen LogP contribution < -0.4 is 5.32 Å². The molecule has 0 spiro atoms. The Morgan fingerprint density at radius 1 is 0.958 bits per heavy atom. The fourth-order valence-corrected chi connectivity index (χ4v) is 2.71. The summed E-state index contributed by atoms with van der Waals surface area (Å²) in [6, 6.07) is 18.3. The minimum Gasteiger partial charge on any atom is -0.467 e. The molecule has 4 heteroatoms. The number of benzene rings is 2. The molecule has 0 aliphatic carbocycles. The smallest absolute Gasteiger partial charge is 0.333 e. The van der Waals surface area contributed by atoms with E-state index in [0.29, 0.717) is 12.0 Å². The van der Waals surface area contributed by atoms with E-state index in [1.54, 1.807) is 12.1 Å². The molecule has 0 saturated carbocycles. The van der Waals surface area contributed by atoms with Crippen LogP contribution >= 0.6 is 0 Å². The molecule has 0 aliphatic rings. The molecule has 0 saturated heterocycles. The highest BCUT2D eigenvalue weighted by atomic mass is 16.5. The van der Waals surface area contributed by atoms with Crippen LogP contribution in [-0.4, -0.2) is 19.0 Å². The zero-order valence-corrected chi connectivity index (χ0v) is 14.1. The molecule has 24 heavy (non-hydrogen) atoms. The van der Waals surface area contributed by atoms with Crippen molar-refractivity contribution in [1.82, 2.24) is 5.32 Å². The molecule has 1 amide bonds. The van der Waals surface area contributed by atoms with Crippen LogP contribution in [0.5, 0.6) is 0 Å². The van der Waals surface area contributed by atoms with Gasteiger partial charge in [0.1, 0.15) is 0 Å². The minimum atomic E-state index is -0.781. The van der Waals surface area contributed by atoms with Gasteiger partial charge in [0.15, 0.2) is 6.04 Å². The van der Waals surface area contributed by atoms with Crippen LogP contribution in [0.4, 0.5) is 0 Å². The second kappa shape index (κ2) is 8.87. The molecule has 0 fully saturated rings. The maximum atomic E-state index is 12.5. The van der Waals surface area contributed by atoms with E-state index < -0.39 is 12.0 Å². The summed E-state index contributed by atoms with van der Waals surface area (Å²) >= 11 is 0. The van der Waals surface area contributed by atoms with Gasteiger partial charge in [0, 0.05) is 6.42 Å². The van der Waals surface area contributed by atoms with Gasteiger partial charge >= 0.3 is 5.97 Å². The molecule has 2 aromatic rings. The number of ether oxygens (including phenoxy) is 1. The molecule has 0 radical (unpaired) electrons. The number of rotatable bonds is 7. The summed E-state index contributed by atoms with van der Waals surface area (Å²) in [5.74, 6) is -0.507. The van der Waals surface area contributed by atoms with Gasteiger partial charge in [-0.1, -0.05) is 67.6 Å². The second-order valence-corrected chi connectivity index (χ2v) is 5.65. The van der Waals surface area contributed by atoms with Gasteiger partial charge < -0.3 is 10.1 Å². The summed E-state index contributed by atoms with van der Waals surface area (Å²) in [6.45, 7) is 2.06. The topological polar surface area (TPSA) is 55.4 Å². The van der Waals surface area contributed by atoms with Crippen LogP contribution in [0.1, 0.15) is 42.9 Å². The number of carbonyl (C=O) groups excluding carboxylic acids is 2. The first kappa shape index (κ1) is 17.7. The average Bonchev–Trinajstić information content (AvgIpc) is 2.65. The minimum absolute atomic E-state index is 0.125. The van der Waals surface area contributed by atoms with Crippen molar-refractivity contribution in [2.45, 2.75) is 31.7 Å². The maximum Gasteiger partial charge on any atom is 0.333 e. The van der Waals surface area contributed by atoms with Crippen LogP contribution in [0.2, 0.25) is 0 Å². The lowest BCUT2D eigenvalue weighted by Gasteiger charge is -2.19. The molecule has 0 aliphatic heterocycles. The molecule has 4 nitrogen and oxygen atoms in total. The highest BCUT2D eigenvalue weighted by Gasteiger charge is 2.24. The molecular weight excluding hydrogens is 302 g/mol. The molecule has 0 aromatic heterocycles. The Balaban J connectivity index is 2.09. The van der Waals surface area contributed by atoms with Crippen LogP contribution in [0, 0.1) is 0 Å². The number of hydrogen-bond acceptors (Lipinski definition) is 3. The molecular formula is C20H23NO3. The van der Waals surface area contributed by atoms with Crippen LogP contribution in [-0.2, 0) is 14.3 Å². The standard InChI is InChI=1S/C20H23NO3/c1-3-15(16-10-6-4-7-11-16)14-18(22)21-19(20(23)24-2)17-12-8-5-9-13-17/h4-13,15,19H,3,14H2,1-2H3,(H,21,22). The number of hydrogen-bond donors (Lipinski definition) is 1. The van der Waals surface area contributed by atoms with Crippen molar-refractivity contribution in [2.24, 2.45) is 0 Å². The van der Waals surface area contributed by atoms with Gasteiger partial charge in [-0.2, -0.15) is 0 Å². The Morgan fingerprint density at radius 2 is 1.50 bits per heavy atom. The number of amides is 1. The average molecular weight is 325 g/mol. The molecule has 126 valence electrons. The molecule has 2 unspecified atom stereocenters. The Bertz CT molecular complexity index is 655. The first-order valence-corrected chi connectivity index (χ1v) is 8.12. The van der Waals surface area contributed by atoms with Crippen LogP contribution in [0.3, 0.4) is 0 Å². The van der Waals surface area contributed by atoms with Crippen molar-refractivity contribution in [1.29, 1.82) is 0 Å². The van der Waals surface area contributed by atoms with E-state index in [1.165, 1.54) is 7.11 Å². The largest absolute Gasteiger partial charge is 0.467 e. The fraction of sp³-hybridized carbons (Fsp3) is 0.300. The summed E-state index contributed by atoms with van der Waals surface area (Å²) in [6.07, 6.45) is 1.19. The SMILES string of the molecule is CCC(CC(=O)NC(C(=O)OC)c1ccccc1)c1ccccc1. The van der Waals surface area contributed by atoms with Gasteiger partial charge in [0.2, 0.25) is 5.91 Å². The summed E-state index contributed by atoms with van der Waals surface area (Å²) in [4.78, 5) is 24.5. The number of nitrogens with one attached hydrogen (secondary N) is 1. The third-order valence-electron chi connectivity index (χ3n) is 4.07. The second-order valence-electron chi connectivity index (χ2n) is 5.65. The predicted molar refractivity (Wildman–Crippen MR) is 93.4 cm³/mol. The molecule has 1 N–H and O–H groups in total. The monoisotopic (exact) mass is 325 g/mol. The summed E-state index contributed by atoms with van der Waals surface area (Å²) in [5, 5.41) is 2.81. The summed E-state index contributed by atoms with van der Waals surface area (Å²) in [7, 11) is 1.32. The van der Waals surface area contributed by atoms with Crippen molar-refractivity contribution in [3.8, 4) is 0 Å². The number of carbonyl (C=O) groups is 2. The van der Waals surface area contributed by atoms with Crippen molar-refractivity contribution in [3.05, 3.63) is 71.8 Å². The van der Waals surface area contributed by atoms with E-state index in [1.807, 2.05) is 48.5 Å². The van der Waals surface area contributed by atoms with E-state index in [2.05, 4.69) is 12.2 Å². The van der Waals surface area contributed by atoms with E-state index in [9.17, 15) is 9.59 Å². The Hall–Kier alpha value is -2.62. The highest BCUT2D eigenvalue weighted by Crippen LogP contribution is 2.23. The van der Waals surface area contributed by atoms with Gasteiger partial charge in [-0.05, 0) is 23.5 Å². The summed E-state index contributed by atoms with van der Waals surface area (Å²) < 4.78 is 4.83. The lowest BCUT2D eigenvalue weighted by molar-refractivity contribution is -0.145. The molecule has 2 aromatic carbocycles. The van der Waals surface area contributed by atoms with E-state index in [-0.39, 0.29) is 11.8 Å². The quantitative estimate of drug-likeness (QED) is 0.791. The maximum absolute atomic E-state index is 12.5. The lowest BCUT2D eigenvalue weighted by Crippen LogP contribution is -2.35. The van der Waals surface area contributed by atoms with Gasteiger partial charge in [-0.3, -0.25) is 4.79 Å². The molecule has 0 bridgehead atoms. The van der Waals surface area contributed by atoms with E-state index in [4.69, 9.17) is 4.74 Å². The van der Waals surface area contributed by atoms with E-state index in [0.717, 1.165) is 12.0 Å². The highest BCUT2D eigenvalue weighted by molar-refractivity contribution is 5.85. The van der Waals surface area contributed by atoms with Crippen molar-refractivity contribution < 1.29 is 14.3 Å². The molecule has 2 atom stereocenters. The molecule has 2 rings (SSSR count). The fourth-order valence-electron chi connectivity index (χ4n) is 2.71. The van der Waals surface area contributed by atoms with Crippen molar-refractivity contribution >= 4 is 11.9 Å². The Labute approximate surface area is 142 Å². The van der Waals surface area contributed by atoms with Crippen LogP contribution in [0.25, 0.3) is 0 Å². The van der Waals surface area contributed by atoms with Gasteiger partial charge in [-0.15, -0.1) is 0 Å². The van der Waals surface area contributed by atoms with Crippen molar-refractivity contribution in [3.63, 3.8) is 0 Å². The third kappa shape index (κ3) is 4.69.